The fourth-order valence-corrected chi connectivity index (χ4v) is 4.67. The Hall–Kier alpha value is -3.95. The van der Waals surface area contributed by atoms with Gasteiger partial charge < -0.3 is 15.0 Å². The second-order valence-electron chi connectivity index (χ2n) is 8.43. The van der Waals surface area contributed by atoms with E-state index in [1.807, 2.05) is 0 Å². The lowest BCUT2D eigenvalue weighted by Gasteiger charge is -2.29. The van der Waals surface area contributed by atoms with Crippen LogP contribution in [0.2, 0.25) is 10.0 Å². The number of hydrogen-bond donors (Lipinski definition) is 1. The Balaban J connectivity index is 1.34. The van der Waals surface area contributed by atoms with Crippen LogP contribution in [-0.2, 0) is 13.0 Å². The summed E-state index contributed by atoms with van der Waals surface area (Å²) in [5.41, 5.74) is 2.29. The smallest absolute Gasteiger partial charge is 0.347 e. The van der Waals surface area contributed by atoms with Crippen LogP contribution in [0.4, 0.5) is 19.3 Å². The standard InChI is InChI=1S/C26H18Cl2F2N4O3/c1-14-12-31-34(26(36)32-14)19-10-22(27)24(23(28)11-19)37-20-2-3-21-16(8-20)4-5-33(25(21)35)13-15-6-17(29)9-18(30)7-15/h2-3,6-12H,1,4-5,13H2,(H,32,36). The van der Waals surface area contributed by atoms with Gasteiger partial charge in [0.15, 0.2) is 5.75 Å². The highest BCUT2D eigenvalue weighted by atomic mass is 35.5. The van der Waals surface area contributed by atoms with Crippen LogP contribution < -0.4 is 15.1 Å². The van der Waals surface area contributed by atoms with Gasteiger partial charge in [0.05, 0.1) is 27.6 Å². The number of rotatable bonds is 5. The molecule has 7 nitrogen and oxygen atoms in total. The fourth-order valence-electron chi connectivity index (χ4n) is 4.12. The average Bonchev–Trinajstić information content (AvgIpc) is 2.82. The molecule has 0 spiro atoms. The van der Waals surface area contributed by atoms with Gasteiger partial charge in [0.1, 0.15) is 17.4 Å². The summed E-state index contributed by atoms with van der Waals surface area (Å²) in [5, 5.41) is 7.94. The van der Waals surface area contributed by atoms with Crippen molar-refractivity contribution in [2.45, 2.75) is 13.0 Å². The van der Waals surface area contributed by atoms with Gasteiger partial charge in [-0.1, -0.05) is 29.8 Å². The number of halogens is 4. The molecule has 2 aliphatic rings. The molecule has 0 unspecified atom stereocenters. The molecule has 3 aromatic rings. The largest absolute Gasteiger partial charge is 0.454 e. The summed E-state index contributed by atoms with van der Waals surface area (Å²) in [6.07, 6.45) is 1.91. The minimum atomic E-state index is -0.690. The number of benzene rings is 3. The van der Waals surface area contributed by atoms with E-state index in [1.165, 1.54) is 35.4 Å². The minimum absolute atomic E-state index is 0.0932. The molecule has 0 aliphatic carbocycles. The van der Waals surface area contributed by atoms with Gasteiger partial charge >= 0.3 is 6.03 Å². The normalized spacial score (nSPS) is 15.1. The zero-order valence-corrected chi connectivity index (χ0v) is 20.6. The lowest BCUT2D eigenvalue weighted by molar-refractivity contribution is 0.0726. The van der Waals surface area contributed by atoms with Crippen molar-refractivity contribution < 1.29 is 23.1 Å². The van der Waals surface area contributed by atoms with E-state index in [1.54, 1.807) is 18.2 Å². The Labute approximate surface area is 220 Å². The zero-order chi connectivity index (χ0) is 26.3. The monoisotopic (exact) mass is 542 g/mol. The maximum atomic E-state index is 13.5. The van der Waals surface area contributed by atoms with Crippen molar-refractivity contribution in [1.82, 2.24) is 10.2 Å². The van der Waals surface area contributed by atoms with Gasteiger partial charge in [-0.05, 0) is 60.0 Å². The van der Waals surface area contributed by atoms with Gasteiger partial charge in [0.25, 0.3) is 5.91 Å². The molecule has 2 heterocycles. The zero-order valence-electron chi connectivity index (χ0n) is 19.1. The Kier molecular flexibility index (Phi) is 6.57. The quantitative estimate of drug-likeness (QED) is 0.411. The van der Waals surface area contributed by atoms with E-state index >= 15 is 0 Å². The van der Waals surface area contributed by atoms with Crippen LogP contribution in [0.1, 0.15) is 21.5 Å². The van der Waals surface area contributed by atoms with Crippen molar-refractivity contribution >= 4 is 47.0 Å². The number of urea groups is 1. The first kappa shape index (κ1) is 24.7. The van der Waals surface area contributed by atoms with Gasteiger partial charge in [-0.3, -0.25) is 4.79 Å². The molecule has 2 aliphatic heterocycles. The van der Waals surface area contributed by atoms with Gasteiger partial charge in [-0.25, -0.2) is 13.6 Å². The molecular weight excluding hydrogens is 525 g/mol. The topological polar surface area (TPSA) is 74.2 Å². The second-order valence-corrected chi connectivity index (χ2v) is 9.24. The van der Waals surface area contributed by atoms with Gasteiger partial charge in [0, 0.05) is 24.7 Å². The summed E-state index contributed by atoms with van der Waals surface area (Å²) in [4.78, 5) is 26.7. The molecule has 5 rings (SSSR count). The number of fused-ring (bicyclic) bond motifs is 1. The van der Waals surface area contributed by atoms with Gasteiger partial charge in [-0.15, -0.1) is 0 Å². The number of hydrogen-bond acceptors (Lipinski definition) is 4. The van der Waals surface area contributed by atoms with Crippen LogP contribution in [-0.4, -0.2) is 29.6 Å². The fraction of sp³-hybridized carbons (Fsp3) is 0.115. The first-order valence-electron chi connectivity index (χ1n) is 11.1. The Bertz CT molecular complexity index is 1450. The Morgan fingerprint density at radius 2 is 1.73 bits per heavy atom. The molecule has 11 heteroatoms. The third-order valence-electron chi connectivity index (χ3n) is 5.78. The van der Waals surface area contributed by atoms with E-state index in [9.17, 15) is 18.4 Å². The van der Waals surface area contributed by atoms with Crippen molar-refractivity contribution in [2.75, 3.05) is 11.6 Å². The maximum Gasteiger partial charge on any atom is 0.347 e. The summed E-state index contributed by atoms with van der Waals surface area (Å²) in [6.45, 7) is 4.08. The average molecular weight is 543 g/mol. The summed E-state index contributed by atoms with van der Waals surface area (Å²) in [6, 6.07) is 10.6. The van der Waals surface area contributed by atoms with Gasteiger partial charge in [0.2, 0.25) is 0 Å². The van der Waals surface area contributed by atoms with Crippen molar-refractivity contribution in [3.63, 3.8) is 0 Å². The highest BCUT2D eigenvalue weighted by Crippen LogP contribution is 2.40. The van der Waals surface area contributed by atoms with Crippen LogP contribution >= 0.6 is 23.2 Å². The molecule has 0 saturated carbocycles. The number of carbonyl (C=O) groups excluding carboxylic acids is 2. The first-order chi connectivity index (χ1) is 17.7. The molecule has 0 radical (unpaired) electrons. The molecule has 0 bridgehead atoms. The maximum absolute atomic E-state index is 13.5. The molecule has 1 N–H and O–H groups in total. The highest BCUT2D eigenvalue weighted by molar-refractivity contribution is 6.37. The van der Waals surface area contributed by atoms with Crippen molar-refractivity contribution in [2.24, 2.45) is 5.10 Å². The molecule has 0 aromatic heterocycles. The highest BCUT2D eigenvalue weighted by Gasteiger charge is 2.26. The second kappa shape index (κ2) is 9.84. The van der Waals surface area contributed by atoms with Crippen LogP contribution in [0, 0.1) is 11.6 Å². The van der Waals surface area contributed by atoms with Crippen molar-refractivity contribution in [3.8, 4) is 11.5 Å². The molecule has 188 valence electrons. The molecule has 0 fully saturated rings. The van der Waals surface area contributed by atoms with Crippen molar-refractivity contribution in [1.29, 1.82) is 0 Å². The minimum Gasteiger partial charge on any atom is -0.454 e. The molecule has 0 saturated heterocycles. The molecule has 37 heavy (non-hydrogen) atoms. The van der Waals surface area contributed by atoms with E-state index in [4.69, 9.17) is 27.9 Å². The number of anilines is 1. The van der Waals surface area contributed by atoms with Crippen LogP contribution in [0.3, 0.4) is 0 Å². The van der Waals surface area contributed by atoms with E-state index in [0.717, 1.165) is 16.6 Å². The van der Waals surface area contributed by atoms with Crippen LogP contribution in [0.5, 0.6) is 11.5 Å². The number of nitrogens with zero attached hydrogens (tertiary/aromatic N) is 3. The molecule has 0 atom stereocenters. The Morgan fingerprint density at radius 3 is 2.41 bits per heavy atom. The SMILES string of the molecule is C=C1C=NN(c2cc(Cl)c(Oc3ccc4c(c3)CCN(Cc3cc(F)cc(F)c3)C4=O)c(Cl)c2)C(=O)N1. The molecule has 3 aromatic carbocycles. The number of ether oxygens (including phenoxy) is 1. The molecular formula is C26H18Cl2F2N4O3. The predicted molar refractivity (Wildman–Crippen MR) is 136 cm³/mol. The van der Waals surface area contributed by atoms with E-state index < -0.39 is 17.7 Å². The number of allylic oxidation sites excluding steroid dienone is 1. The van der Waals surface area contributed by atoms with E-state index in [-0.39, 0.29) is 28.2 Å². The number of hydrazone groups is 1. The lowest BCUT2D eigenvalue weighted by atomic mass is 9.98. The van der Waals surface area contributed by atoms with E-state index in [0.29, 0.717) is 41.2 Å². The number of carbonyl (C=O) groups is 2. The number of amides is 3. The first-order valence-corrected chi connectivity index (χ1v) is 11.8. The summed E-state index contributed by atoms with van der Waals surface area (Å²) >= 11 is 12.8. The third kappa shape index (κ3) is 5.14. The lowest BCUT2D eigenvalue weighted by Crippen LogP contribution is -2.40. The summed E-state index contributed by atoms with van der Waals surface area (Å²) in [5.74, 6) is -1.04. The van der Waals surface area contributed by atoms with Crippen molar-refractivity contribution in [3.05, 3.63) is 99.2 Å². The third-order valence-corrected chi connectivity index (χ3v) is 6.34. The predicted octanol–water partition coefficient (Wildman–Crippen LogP) is 6.29. The molecule has 3 amide bonds. The van der Waals surface area contributed by atoms with Crippen LogP contribution in [0.25, 0.3) is 0 Å². The van der Waals surface area contributed by atoms with Gasteiger partial charge in [-0.2, -0.15) is 10.1 Å². The summed E-state index contributed by atoms with van der Waals surface area (Å²) in [7, 11) is 0. The van der Waals surface area contributed by atoms with Crippen LogP contribution in [0.15, 0.2) is 65.9 Å². The number of nitrogens with one attached hydrogen (secondary N) is 1. The summed E-state index contributed by atoms with van der Waals surface area (Å²) < 4.78 is 33.0. The Morgan fingerprint density at radius 1 is 1.03 bits per heavy atom. The van der Waals surface area contributed by atoms with E-state index in [2.05, 4.69) is 17.0 Å².